The molecule has 102 valence electrons. The van der Waals surface area contributed by atoms with Crippen molar-refractivity contribution in [1.82, 2.24) is 0 Å². The number of hydrogen-bond donors (Lipinski definition) is 0. The lowest BCUT2D eigenvalue weighted by Gasteiger charge is -2.38. The predicted octanol–water partition coefficient (Wildman–Crippen LogP) is 5.51. The van der Waals surface area contributed by atoms with Gasteiger partial charge in [-0.1, -0.05) is 78.5 Å². The number of fused-ring (bicyclic) bond motifs is 2. The molecule has 0 aromatic heterocycles. The molecule has 0 aliphatic carbocycles. The normalized spacial score (nSPS) is 15.1. The Morgan fingerprint density at radius 3 is 1.67 bits per heavy atom. The third kappa shape index (κ3) is 1.85. The molecule has 0 atom stereocenters. The smallest absolute Gasteiger partial charge is 0.0445 e. The summed E-state index contributed by atoms with van der Waals surface area (Å²) in [7, 11) is 0. The van der Waals surface area contributed by atoms with Gasteiger partial charge < -0.3 is 0 Å². The van der Waals surface area contributed by atoms with Crippen molar-refractivity contribution in [3.05, 3.63) is 95.6 Å². The zero-order valence-corrected chi connectivity index (χ0v) is 12.7. The Bertz CT molecular complexity index is 744. The van der Waals surface area contributed by atoms with Crippen LogP contribution in [0.2, 0.25) is 0 Å². The summed E-state index contributed by atoms with van der Waals surface area (Å²) in [4.78, 5) is 2.73. The van der Waals surface area contributed by atoms with E-state index in [0.717, 1.165) is 0 Å². The average Bonchev–Trinajstić information content (AvgIpc) is 2.56. The lowest BCUT2D eigenvalue weighted by Crippen LogP contribution is -2.28. The maximum absolute atomic E-state index is 2.35. The molecule has 0 nitrogen and oxygen atoms in total. The molecule has 3 aromatic carbocycles. The summed E-state index contributed by atoms with van der Waals surface area (Å²) >= 11 is 1.88. The first-order chi connectivity index (χ1) is 10.3. The maximum Gasteiger partial charge on any atom is 0.0445 e. The van der Waals surface area contributed by atoms with E-state index in [1.165, 1.54) is 26.5 Å². The summed E-state index contributed by atoms with van der Waals surface area (Å²) in [5.41, 5.74) is 4.07. The zero-order valence-electron chi connectivity index (χ0n) is 11.9. The SMILES string of the molecule is CC1(c2ccccc2)c2ccccc2Sc2ccccc21. The molecule has 4 rings (SSSR count). The molecule has 1 heterocycles. The summed E-state index contributed by atoms with van der Waals surface area (Å²) in [5.74, 6) is 0. The third-order valence-electron chi connectivity index (χ3n) is 4.42. The van der Waals surface area contributed by atoms with E-state index in [9.17, 15) is 0 Å². The van der Waals surface area contributed by atoms with Gasteiger partial charge in [0.25, 0.3) is 0 Å². The second-order valence-electron chi connectivity index (χ2n) is 5.59. The topological polar surface area (TPSA) is 0 Å². The Morgan fingerprint density at radius 2 is 1.10 bits per heavy atom. The molecular formula is C20H16S. The molecule has 0 saturated heterocycles. The molecule has 0 fully saturated rings. The van der Waals surface area contributed by atoms with Crippen molar-refractivity contribution in [1.29, 1.82) is 0 Å². The Morgan fingerprint density at radius 1 is 0.619 bits per heavy atom. The number of rotatable bonds is 1. The molecule has 1 aliphatic rings. The van der Waals surface area contributed by atoms with Crippen molar-refractivity contribution >= 4 is 11.8 Å². The average molecular weight is 288 g/mol. The molecule has 0 radical (unpaired) electrons. The van der Waals surface area contributed by atoms with Gasteiger partial charge in [-0.2, -0.15) is 0 Å². The summed E-state index contributed by atoms with van der Waals surface area (Å²) in [6.07, 6.45) is 0. The first-order valence-corrected chi connectivity index (χ1v) is 8.04. The lowest BCUT2D eigenvalue weighted by molar-refractivity contribution is 0.655. The highest BCUT2D eigenvalue weighted by Crippen LogP contribution is 2.51. The van der Waals surface area contributed by atoms with E-state index in [1.54, 1.807) is 0 Å². The molecule has 21 heavy (non-hydrogen) atoms. The molecule has 0 bridgehead atoms. The minimum atomic E-state index is -0.0836. The van der Waals surface area contributed by atoms with Crippen LogP contribution in [0, 0.1) is 0 Å². The van der Waals surface area contributed by atoms with E-state index in [4.69, 9.17) is 0 Å². The van der Waals surface area contributed by atoms with E-state index in [1.807, 2.05) is 11.8 Å². The first kappa shape index (κ1) is 12.7. The van der Waals surface area contributed by atoms with E-state index < -0.39 is 0 Å². The van der Waals surface area contributed by atoms with Gasteiger partial charge in [-0.3, -0.25) is 0 Å². The van der Waals surface area contributed by atoms with Crippen molar-refractivity contribution in [2.45, 2.75) is 22.1 Å². The van der Waals surface area contributed by atoms with Crippen LogP contribution in [0.3, 0.4) is 0 Å². The van der Waals surface area contributed by atoms with Crippen LogP contribution in [0.5, 0.6) is 0 Å². The van der Waals surface area contributed by atoms with Gasteiger partial charge >= 0.3 is 0 Å². The van der Waals surface area contributed by atoms with E-state index in [0.29, 0.717) is 0 Å². The van der Waals surface area contributed by atoms with Crippen LogP contribution in [0.4, 0.5) is 0 Å². The third-order valence-corrected chi connectivity index (χ3v) is 5.57. The van der Waals surface area contributed by atoms with Crippen molar-refractivity contribution in [2.24, 2.45) is 0 Å². The molecule has 1 heteroatoms. The Labute approximate surface area is 129 Å². The summed E-state index contributed by atoms with van der Waals surface area (Å²) in [6.45, 7) is 2.35. The molecule has 0 unspecified atom stereocenters. The van der Waals surface area contributed by atoms with Crippen LogP contribution in [0.1, 0.15) is 23.6 Å². The van der Waals surface area contributed by atoms with Gasteiger partial charge in [0.1, 0.15) is 0 Å². The predicted molar refractivity (Wildman–Crippen MR) is 89.0 cm³/mol. The van der Waals surface area contributed by atoms with Gasteiger partial charge in [-0.15, -0.1) is 0 Å². The van der Waals surface area contributed by atoms with Crippen LogP contribution in [0.25, 0.3) is 0 Å². The minimum Gasteiger partial charge on any atom is -0.0894 e. The van der Waals surface area contributed by atoms with E-state index in [2.05, 4.69) is 85.8 Å². The van der Waals surface area contributed by atoms with Crippen molar-refractivity contribution in [3.8, 4) is 0 Å². The largest absolute Gasteiger partial charge is 0.0894 e. The first-order valence-electron chi connectivity index (χ1n) is 7.22. The van der Waals surface area contributed by atoms with Crippen LogP contribution in [-0.2, 0) is 5.41 Å². The van der Waals surface area contributed by atoms with Gasteiger partial charge in [0, 0.05) is 15.2 Å². The fraction of sp³-hybridized carbons (Fsp3) is 0.100. The molecule has 0 saturated carbocycles. The van der Waals surface area contributed by atoms with Gasteiger partial charge in [-0.05, 0) is 35.7 Å². The summed E-state index contributed by atoms with van der Waals surface area (Å²) in [6, 6.07) is 28.4. The highest BCUT2D eigenvalue weighted by Gasteiger charge is 2.37. The van der Waals surface area contributed by atoms with Crippen LogP contribution in [0.15, 0.2) is 88.7 Å². The minimum absolute atomic E-state index is 0.0836. The van der Waals surface area contributed by atoms with Gasteiger partial charge in [0.05, 0.1) is 0 Å². The number of hydrogen-bond acceptors (Lipinski definition) is 1. The molecule has 0 spiro atoms. The quantitative estimate of drug-likeness (QED) is 0.569. The molecule has 0 N–H and O–H groups in total. The van der Waals surface area contributed by atoms with Crippen molar-refractivity contribution < 1.29 is 0 Å². The Balaban J connectivity index is 2.06. The van der Waals surface area contributed by atoms with Gasteiger partial charge in [0.15, 0.2) is 0 Å². The van der Waals surface area contributed by atoms with E-state index in [-0.39, 0.29) is 5.41 Å². The lowest BCUT2D eigenvalue weighted by atomic mass is 9.71. The van der Waals surface area contributed by atoms with E-state index >= 15 is 0 Å². The maximum atomic E-state index is 2.35. The molecule has 1 aliphatic heterocycles. The number of benzene rings is 3. The van der Waals surface area contributed by atoms with Gasteiger partial charge in [0.2, 0.25) is 0 Å². The fourth-order valence-corrected chi connectivity index (χ4v) is 4.58. The fourth-order valence-electron chi connectivity index (χ4n) is 3.28. The van der Waals surface area contributed by atoms with Crippen LogP contribution >= 0.6 is 11.8 Å². The monoisotopic (exact) mass is 288 g/mol. The summed E-state index contributed by atoms with van der Waals surface area (Å²) in [5, 5.41) is 0. The molecule has 0 amide bonds. The van der Waals surface area contributed by atoms with Crippen molar-refractivity contribution in [3.63, 3.8) is 0 Å². The van der Waals surface area contributed by atoms with Crippen molar-refractivity contribution in [2.75, 3.05) is 0 Å². The standard InChI is InChI=1S/C20H16S/c1-20(15-9-3-2-4-10-15)16-11-5-7-13-18(16)21-19-14-8-6-12-17(19)20/h2-14H,1H3. The summed E-state index contributed by atoms with van der Waals surface area (Å²) < 4.78 is 0. The highest BCUT2D eigenvalue weighted by atomic mass is 32.2. The van der Waals surface area contributed by atoms with Crippen LogP contribution in [-0.4, -0.2) is 0 Å². The Hall–Kier alpha value is -1.99. The second kappa shape index (κ2) is 4.78. The zero-order chi connectivity index (χ0) is 14.3. The molecular weight excluding hydrogens is 272 g/mol. The van der Waals surface area contributed by atoms with Gasteiger partial charge in [-0.25, -0.2) is 0 Å². The molecule has 3 aromatic rings. The Kier molecular flexibility index (Phi) is 2.90. The van der Waals surface area contributed by atoms with Crippen LogP contribution < -0.4 is 0 Å². The second-order valence-corrected chi connectivity index (χ2v) is 6.67. The highest BCUT2D eigenvalue weighted by molar-refractivity contribution is 7.99.